The summed E-state index contributed by atoms with van der Waals surface area (Å²) in [5.74, 6) is -1.16. The first-order valence-electron chi connectivity index (χ1n) is 8.71. The zero-order valence-electron chi connectivity index (χ0n) is 15.4. The quantitative estimate of drug-likeness (QED) is 0.371. The topological polar surface area (TPSA) is 84.5 Å². The summed E-state index contributed by atoms with van der Waals surface area (Å²) in [4.78, 5) is 35.8. The third-order valence-electron chi connectivity index (χ3n) is 3.62. The fourth-order valence-electron chi connectivity index (χ4n) is 2.25. The number of halogens is 1. The summed E-state index contributed by atoms with van der Waals surface area (Å²) < 4.78 is 5.75. The SMILES string of the molecule is CC(=O)OCCCNC(=O)/C(=C/c1ccc(Br)cc1)NC(=O)c1ccccc1. The van der Waals surface area contributed by atoms with Gasteiger partial charge < -0.3 is 15.4 Å². The van der Waals surface area contributed by atoms with Crippen molar-refractivity contribution in [2.75, 3.05) is 13.2 Å². The lowest BCUT2D eigenvalue weighted by molar-refractivity contribution is -0.140. The molecule has 0 spiro atoms. The maximum atomic E-state index is 12.6. The molecule has 2 rings (SSSR count). The summed E-state index contributed by atoms with van der Waals surface area (Å²) in [6, 6.07) is 16.0. The first-order valence-corrected chi connectivity index (χ1v) is 9.50. The molecule has 2 aromatic rings. The number of ether oxygens (including phenoxy) is 1. The van der Waals surface area contributed by atoms with Crippen LogP contribution in [0, 0.1) is 0 Å². The van der Waals surface area contributed by atoms with Crippen molar-refractivity contribution in [1.29, 1.82) is 0 Å². The van der Waals surface area contributed by atoms with E-state index in [2.05, 4.69) is 26.6 Å². The van der Waals surface area contributed by atoms with Crippen LogP contribution in [0.5, 0.6) is 0 Å². The van der Waals surface area contributed by atoms with Gasteiger partial charge in [-0.1, -0.05) is 46.3 Å². The predicted octanol–water partition coefficient (Wildman–Crippen LogP) is 3.29. The molecule has 0 fully saturated rings. The first-order chi connectivity index (χ1) is 13.5. The van der Waals surface area contributed by atoms with E-state index in [4.69, 9.17) is 4.74 Å². The first kappa shape index (κ1) is 21.4. The molecule has 2 aromatic carbocycles. The van der Waals surface area contributed by atoms with Crippen molar-refractivity contribution in [2.45, 2.75) is 13.3 Å². The number of carbonyl (C=O) groups is 3. The van der Waals surface area contributed by atoms with Crippen molar-refractivity contribution in [1.82, 2.24) is 10.6 Å². The van der Waals surface area contributed by atoms with Gasteiger partial charge in [0.15, 0.2) is 0 Å². The molecule has 0 unspecified atom stereocenters. The highest BCUT2D eigenvalue weighted by molar-refractivity contribution is 9.10. The van der Waals surface area contributed by atoms with Crippen LogP contribution in [0.3, 0.4) is 0 Å². The lowest BCUT2D eigenvalue weighted by Gasteiger charge is -2.11. The monoisotopic (exact) mass is 444 g/mol. The van der Waals surface area contributed by atoms with Crippen LogP contribution < -0.4 is 10.6 Å². The van der Waals surface area contributed by atoms with Gasteiger partial charge in [0.1, 0.15) is 5.70 Å². The number of amides is 2. The summed E-state index contributed by atoms with van der Waals surface area (Å²) in [6.45, 7) is 1.86. The van der Waals surface area contributed by atoms with E-state index in [1.165, 1.54) is 6.92 Å². The van der Waals surface area contributed by atoms with Crippen LogP contribution in [0.25, 0.3) is 6.08 Å². The summed E-state index contributed by atoms with van der Waals surface area (Å²) in [5.41, 5.74) is 1.34. The Morgan fingerprint density at radius 3 is 2.36 bits per heavy atom. The molecule has 2 amide bonds. The molecule has 0 aliphatic heterocycles. The molecule has 0 heterocycles. The van der Waals surface area contributed by atoms with Crippen molar-refractivity contribution >= 4 is 39.8 Å². The third kappa shape index (κ3) is 7.36. The molecular weight excluding hydrogens is 424 g/mol. The zero-order valence-corrected chi connectivity index (χ0v) is 17.0. The lowest BCUT2D eigenvalue weighted by atomic mass is 10.1. The number of esters is 1. The van der Waals surface area contributed by atoms with Crippen LogP contribution in [-0.2, 0) is 14.3 Å². The van der Waals surface area contributed by atoms with Crippen molar-refractivity contribution in [2.24, 2.45) is 0 Å². The Morgan fingerprint density at radius 2 is 1.71 bits per heavy atom. The Morgan fingerprint density at radius 1 is 1.04 bits per heavy atom. The van der Waals surface area contributed by atoms with Crippen LogP contribution in [0.2, 0.25) is 0 Å². The number of nitrogens with one attached hydrogen (secondary N) is 2. The van der Waals surface area contributed by atoms with Crippen molar-refractivity contribution < 1.29 is 19.1 Å². The maximum Gasteiger partial charge on any atom is 0.302 e. The van der Waals surface area contributed by atoms with E-state index in [9.17, 15) is 14.4 Å². The summed E-state index contributed by atoms with van der Waals surface area (Å²) in [7, 11) is 0. The number of carbonyl (C=O) groups excluding carboxylic acids is 3. The van der Waals surface area contributed by atoms with Crippen LogP contribution in [0.1, 0.15) is 29.3 Å². The third-order valence-corrected chi connectivity index (χ3v) is 4.15. The Kier molecular flexibility index (Phi) is 8.42. The summed E-state index contributed by atoms with van der Waals surface area (Å²) >= 11 is 3.36. The van der Waals surface area contributed by atoms with Gasteiger partial charge in [-0.2, -0.15) is 0 Å². The average molecular weight is 445 g/mol. The molecular formula is C21H21BrN2O4. The molecule has 0 aromatic heterocycles. The minimum absolute atomic E-state index is 0.128. The minimum atomic E-state index is -0.421. The van der Waals surface area contributed by atoms with Crippen molar-refractivity contribution in [3.63, 3.8) is 0 Å². The molecule has 2 N–H and O–H groups in total. The molecule has 6 nitrogen and oxygen atoms in total. The van der Waals surface area contributed by atoms with Crippen LogP contribution in [0.4, 0.5) is 0 Å². The molecule has 0 saturated carbocycles. The standard InChI is InChI=1S/C21H21BrN2O4/c1-15(25)28-13-5-12-23-21(27)19(14-16-8-10-18(22)11-9-16)24-20(26)17-6-3-2-4-7-17/h2-4,6-11,14H,5,12-13H2,1H3,(H,23,27)(H,24,26)/b19-14-. The highest BCUT2D eigenvalue weighted by Gasteiger charge is 2.14. The second-order valence-corrected chi connectivity index (χ2v) is 6.79. The van der Waals surface area contributed by atoms with E-state index in [1.54, 1.807) is 30.3 Å². The molecule has 0 aliphatic rings. The second-order valence-electron chi connectivity index (χ2n) is 5.88. The fraction of sp³-hybridized carbons (Fsp3) is 0.190. The number of hydrogen-bond acceptors (Lipinski definition) is 4. The van der Waals surface area contributed by atoms with Gasteiger partial charge in [-0.25, -0.2) is 0 Å². The van der Waals surface area contributed by atoms with E-state index in [0.29, 0.717) is 18.5 Å². The number of benzene rings is 2. The lowest BCUT2D eigenvalue weighted by Crippen LogP contribution is -2.35. The van der Waals surface area contributed by atoms with Gasteiger partial charge in [0.2, 0.25) is 0 Å². The van der Waals surface area contributed by atoms with E-state index in [0.717, 1.165) is 10.0 Å². The maximum absolute atomic E-state index is 12.6. The normalized spacial score (nSPS) is 10.9. The highest BCUT2D eigenvalue weighted by Crippen LogP contribution is 2.13. The minimum Gasteiger partial charge on any atom is -0.466 e. The average Bonchev–Trinajstić information content (AvgIpc) is 2.69. The highest BCUT2D eigenvalue weighted by atomic mass is 79.9. The molecule has 0 aliphatic carbocycles. The Hall–Kier alpha value is -2.93. The molecule has 0 atom stereocenters. The van der Waals surface area contributed by atoms with Gasteiger partial charge in [-0.05, 0) is 42.3 Å². The molecule has 146 valence electrons. The van der Waals surface area contributed by atoms with Crippen LogP contribution in [-0.4, -0.2) is 30.9 Å². The second kappa shape index (κ2) is 11.0. The predicted molar refractivity (Wildman–Crippen MR) is 110 cm³/mol. The molecule has 0 bridgehead atoms. The Balaban J connectivity index is 2.09. The van der Waals surface area contributed by atoms with Crippen LogP contribution >= 0.6 is 15.9 Å². The number of rotatable bonds is 8. The zero-order chi connectivity index (χ0) is 20.4. The van der Waals surface area contributed by atoms with Gasteiger partial charge in [-0.15, -0.1) is 0 Å². The Bertz CT molecular complexity index is 848. The molecule has 7 heteroatoms. The molecule has 0 radical (unpaired) electrons. The molecule has 0 saturated heterocycles. The van der Waals surface area contributed by atoms with E-state index >= 15 is 0 Å². The van der Waals surface area contributed by atoms with E-state index < -0.39 is 5.91 Å². The Labute approximate surface area is 172 Å². The number of hydrogen-bond donors (Lipinski definition) is 2. The van der Waals surface area contributed by atoms with Gasteiger partial charge >= 0.3 is 5.97 Å². The summed E-state index contributed by atoms with van der Waals surface area (Å²) in [5, 5.41) is 5.39. The smallest absolute Gasteiger partial charge is 0.302 e. The van der Waals surface area contributed by atoms with Crippen molar-refractivity contribution in [3.05, 3.63) is 75.9 Å². The fourth-order valence-corrected chi connectivity index (χ4v) is 2.52. The molecule has 28 heavy (non-hydrogen) atoms. The van der Waals surface area contributed by atoms with Gasteiger partial charge in [0, 0.05) is 23.5 Å². The summed E-state index contributed by atoms with van der Waals surface area (Å²) in [6.07, 6.45) is 2.08. The van der Waals surface area contributed by atoms with Gasteiger partial charge in [0.25, 0.3) is 11.8 Å². The van der Waals surface area contributed by atoms with Crippen LogP contribution in [0.15, 0.2) is 64.8 Å². The van der Waals surface area contributed by atoms with Gasteiger partial charge in [0.05, 0.1) is 6.61 Å². The van der Waals surface area contributed by atoms with E-state index in [-0.39, 0.29) is 24.2 Å². The van der Waals surface area contributed by atoms with E-state index in [1.807, 2.05) is 30.3 Å². The largest absolute Gasteiger partial charge is 0.466 e. The van der Waals surface area contributed by atoms with Gasteiger partial charge in [-0.3, -0.25) is 14.4 Å². The van der Waals surface area contributed by atoms with Crippen molar-refractivity contribution in [3.8, 4) is 0 Å².